The molecular formula is C14H27N. The Balaban J connectivity index is 2.54. The maximum atomic E-state index is 3.82. The van der Waals surface area contributed by atoms with Crippen LogP contribution in [0.25, 0.3) is 0 Å². The molecule has 0 spiro atoms. The van der Waals surface area contributed by atoms with E-state index < -0.39 is 0 Å². The Morgan fingerprint density at radius 2 is 2.13 bits per heavy atom. The lowest BCUT2D eigenvalue weighted by atomic mass is 9.78. The van der Waals surface area contributed by atoms with Crippen LogP contribution in [0, 0.1) is 5.92 Å². The summed E-state index contributed by atoms with van der Waals surface area (Å²) in [4.78, 5) is 0. The molecule has 1 aliphatic heterocycles. The molecule has 1 unspecified atom stereocenters. The summed E-state index contributed by atoms with van der Waals surface area (Å²) in [5.74, 6) is 0.750. The van der Waals surface area contributed by atoms with Gasteiger partial charge in [-0.05, 0) is 44.6 Å². The monoisotopic (exact) mass is 209 g/mol. The van der Waals surface area contributed by atoms with Crippen molar-refractivity contribution in [2.24, 2.45) is 5.92 Å². The Kier molecular flexibility index (Phi) is 5.38. The number of nitrogens with one attached hydrogen (secondary N) is 1. The van der Waals surface area contributed by atoms with Crippen LogP contribution in [0.2, 0.25) is 0 Å². The molecule has 1 N–H and O–H groups in total. The van der Waals surface area contributed by atoms with E-state index in [1.807, 2.05) is 6.08 Å². The van der Waals surface area contributed by atoms with E-state index in [0.29, 0.717) is 5.54 Å². The highest BCUT2D eigenvalue weighted by Crippen LogP contribution is 2.31. The molecule has 1 aliphatic rings. The molecule has 0 saturated carbocycles. The van der Waals surface area contributed by atoms with Gasteiger partial charge in [-0.25, -0.2) is 0 Å². The first kappa shape index (κ1) is 12.8. The fourth-order valence-electron chi connectivity index (χ4n) is 2.72. The molecule has 1 fully saturated rings. The Morgan fingerprint density at radius 1 is 1.33 bits per heavy atom. The van der Waals surface area contributed by atoms with Gasteiger partial charge in [0.05, 0.1) is 0 Å². The van der Waals surface area contributed by atoms with Gasteiger partial charge in [-0.2, -0.15) is 0 Å². The van der Waals surface area contributed by atoms with Gasteiger partial charge in [0.1, 0.15) is 0 Å². The molecule has 0 bridgehead atoms. The molecule has 0 radical (unpaired) electrons. The molecule has 0 aromatic carbocycles. The van der Waals surface area contributed by atoms with Crippen LogP contribution in [0.4, 0.5) is 0 Å². The molecule has 0 aliphatic carbocycles. The largest absolute Gasteiger partial charge is 0.311 e. The third-order valence-corrected chi connectivity index (χ3v) is 3.91. The predicted octanol–water partition coefficient (Wildman–Crippen LogP) is 3.90. The van der Waals surface area contributed by atoms with Crippen LogP contribution in [-0.2, 0) is 0 Å². The van der Waals surface area contributed by atoms with E-state index in [0.717, 1.165) is 12.3 Å². The molecule has 1 nitrogen and oxygen atoms in total. The van der Waals surface area contributed by atoms with Crippen molar-refractivity contribution in [3.05, 3.63) is 12.7 Å². The topological polar surface area (TPSA) is 12.0 Å². The smallest absolute Gasteiger partial charge is 0.0204 e. The normalized spacial score (nSPS) is 27.7. The van der Waals surface area contributed by atoms with Crippen molar-refractivity contribution in [3.8, 4) is 0 Å². The van der Waals surface area contributed by atoms with Crippen LogP contribution in [0.3, 0.4) is 0 Å². The van der Waals surface area contributed by atoms with E-state index in [1.165, 1.54) is 45.1 Å². The van der Waals surface area contributed by atoms with Gasteiger partial charge in [0, 0.05) is 5.54 Å². The Morgan fingerprint density at radius 3 is 2.80 bits per heavy atom. The molecular weight excluding hydrogens is 182 g/mol. The molecule has 0 aromatic heterocycles. The Bertz CT molecular complexity index is 176. The minimum absolute atomic E-state index is 0.416. The number of unbranched alkanes of at least 4 members (excludes halogenated alkanes) is 1. The second-order valence-corrected chi connectivity index (χ2v) is 5.23. The van der Waals surface area contributed by atoms with E-state index in [9.17, 15) is 0 Å². The van der Waals surface area contributed by atoms with Crippen LogP contribution >= 0.6 is 0 Å². The molecule has 1 heterocycles. The van der Waals surface area contributed by atoms with Crippen LogP contribution in [0.1, 0.15) is 58.8 Å². The lowest BCUT2D eigenvalue weighted by Crippen LogP contribution is -2.49. The van der Waals surface area contributed by atoms with Crippen LogP contribution < -0.4 is 5.32 Å². The molecule has 15 heavy (non-hydrogen) atoms. The Labute approximate surface area is 95.3 Å². The highest BCUT2D eigenvalue weighted by molar-refractivity contribution is 4.92. The summed E-state index contributed by atoms with van der Waals surface area (Å²) in [6.07, 6.45) is 11.3. The standard InChI is InChI=1S/C14H27N/c1-4-5-7-10-14(13(2)3)11-8-6-9-12-15-14/h4,13,15H,1,5-12H2,2-3H3. The number of hydrogen-bond acceptors (Lipinski definition) is 1. The van der Waals surface area contributed by atoms with Gasteiger partial charge in [-0.15, -0.1) is 6.58 Å². The van der Waals surface area contributed by atoms with Crippen LogP contribution in [0.5, 0.6) is 0 Å². The predicted molar refractivity (Wildman–Crippen MR) is 68.1 cm³/mol. The third-order valence-electron chi connectivity index (χ3n) is 3.91. The van der Waals surface area contributed by atoms with Crippen LogP contribution in [0.15, 0.2) is 12.7 Å². The van der Waals surface area contributed by atoms with Crippen molar-refractivity contribution >= 4 is 0 Å². The Hall–Kier alpha value is -0.300. The van der Waals surface area contributed by atoms with Crippen molar-refractivity contribution in [2.45, 2.75) is 64.3 Å². The number of rotatable bonds is 5. The molecule has 88 valence electrons. The first-order valence-electron chi connectivity index (χ1n) is 6.57. The van der Waals surface area contributed by atoms with E-state index in [4.69, 9.17) is 0 Å². The lowest BCUT2D eigenvalue weighted by molar-refractivity contribution is 0.207. The SMILES string of the molecule is C=CCCCC1(C(C)C)CCCCCN1. The maximum absolute atomic E-state index is 3.82. The molecule has 1 saturated heterocycles. The third kappa shape index (κ3) is 3.64. The van der Waals surface area contributed by atoms with Crippen molar-refractivity contribution in [2.75, 3.05) is 6.54 Å². The minimum Gasteiger partial charge on any atom is -0.311 e. The average molecular weight is 209 g/mol. The zero-order chi connectivity index (χ0) is 11.1. The first-order valence-corrected chi connectivity index (χ1v) is 6.57. The summed E-state index contributed by atoms with van der Waals surface area (Å²) in [5.41, 5.74) is 0.416. The van der Waals surface area contributed by atoms with E-state index in [1.54, 1.807) is 0 Å². The van der Waals surface area contributed by atoms with Gasteiger partial charge >= 0.3 is 0 Å². The van der Waals surface area contributed by atoms with Gasteiger partial charge in [0.25, 0.3) is 0 Å². The first-order chi connectivity index (χ1) is 7.21. The molecule has 0 amide bonds. The molecule has 0 aromatic rings. The summed E-state index contributed by atoms with van der Waals surface area (Å²) < 4.78 is 0. The van der Waals surface area contributed by atoms with E-state index >= 15 is 0 Å². The number of allylic oxidation sites excluding steroid dienone is 1. The summed E-state index contributed by atoms with van der Waals surface area (Å²) >= 11 is 0. The van der Waals surface area contributed by atoms with Gasteiger partial charge in [0.2, 0.25) is 0 Å². The fraction of sp³-hybridized carbons (Fsp3) is 0.857. The maximum Gasteiger partial charge on any atom is 0.0204 e. The fourth-order valence-corrected chi connectivity index (χ4v) is 2.72. The summed E-state index contributed by atoms with van der Waals surface area (Å²) in [7, 11) is 0. The van der Waals surface area contributed by atoms with Crippen molar-refractivity contribution in [1.29, 1.82) is 0 Å². The van der Waals surface area contributed by atoms with Crippen LogP contribution in [-0.4, -0.2) is 12.1 Å². The highest BCUT2D eigenvalue weighted by Gasteiger charge is 2.32. The van der Waals surface area contributed by atoms with E-state index in [-0.39, 0.29) is 0 Å². The van der Waals surface area contributed by atoms with E-state index in [2.05, 4.69) is 25.7 Å². The number of hydrogen-bond donors (Lipinski definition) is 1. The second-order valence-electron chi connectivity index (χ2n) is 5.23. The molecule has 1 heteroatoms. The zero-order valence-electron chi connectivity index (χ0n) is 10.5. The van der Waals surface area contributed by atoms with Gasteiger partial charge in [-0.1, -0.05) is 32.8 Å². The lowest BCUT2D eigenvalue weighted by Gasteiger charge is -2.38. The molecule has 1 rings (SSSR count). The minimum atomic E-state index is 0.416. The van der Waals surface area contributed by atoms with Gasteiger partial charge < -0.3 is 5.32 Å². The van der Waals surface area contributed by atoms with Crippen molar-refractivity contribution in [1.82, 2.24) is 5.32 Å². The molecule has 1 atom stereocenters. The second kappa shape index (κ2) is 6.32. The van der Waals surface area contributed by atoms with Crippen molar-refractivity contribution < 1.29 is 0 Å². The summed E-state index contributed by atoms with van der Waals surface area (Å²) in [6, 6.07) is 0. The summed E-state index contributed by atoms with van der Waals surface area (Å²) in [6.45, 7) is 9.76. The quantitative estimate of drug-likeness (QED) is 0.535. The van der Waals surface area contributed by atoms with Gasteiger partial charge in [0.15, 0.2) is 0 Å². The van der Waals surface area contributed by atoms with Crippen molar-refractivity contribution in [3.63, 3.8) is 0 Å². The summed E-state index contributed by atoms with van der Waals surface area (Å²) in [5, 5.41) is 3.82. The van der Waals surface area contributed by atoms with Gasteiger partial charge in [-0.3, -0.25) is 0 Å². The average Bonchev–Trinajstić information content (AvgIpc) is 2.45. The zero-order valence-corrected chi connectivity index (χ0v) is 10.5. The highest BCUT2D eigenvalue weighted by atomic mass is 15.0.